The first-order valence-corrected chi connectivity index (χ1v) is 8.87. The number of nitrogens with two attached hydrogens (primary N) is 1. The van der Waals surface area contributed by atoms with Crippen molar-refractivity contribution in [3.8, 4) is 0 Å². The molecule has 0 bridgehead atoms. The summed E-state index contributed by atoms with van der Waals surface area (Å²) < 4.78 is 5.84. The van der Waals surface area contributed by atoms with Crippen LogP contribution in [0.1, 0.15) is 25.7 Å². The number of amides is 1. The Morgan fingerprint density at radius 1 is 1.15 bits per heavy atom. The van der Waals surface area contributed by atoms with Crippen molar-refractivity contribution in [2.75, 3.05) is 31.1 Å². The first kappa shape index (κ1) is 20.8. The molecule has 4 rings (SSSR count). The zero-order valence-corrected chi connectivity index (χ0v) is 16.3. The second kappa shape index (κ2) is 8.93. The van der Waals surface area contributed by atoms with Crippen LogP contribution in [-0.2, 0) is 4.79 Å². The number of fused-ring (bicyclic) bond motifs is 1. The van der Waals surface area contributed by atoms with Gasteiger partial charge in [-0.1, -0.05) is 12.1 Å². The number of oxazole rings is 1. The number of carbonyl (C=O) groups excluding carboxylic acids is 1. The van der Waals surface area contributed by atoms with Crippen LogP contribution in [0.4, 0.5) is 6.01 Å². The van der Waals surface area contributed by atoms with E-state index in [4.69, 9.17) is 10.2 Å². The molecule has 0 spiro atoms. The Kier molecular flexibility index (Phi) is 7.15. The first-order chi connectivity index (χ1) is 11.8. The molecule has 2 aliphatic rings. The number of likely N-dealkylation sites (tertiary alicyclic amines) is 1. The van der Waals surface area contributed by atoms with Crippen LogP contribution in [0.3, 0.4) is 0 Å². The minimum Gasteiger partial charge on any atom is -0.423 e. The third-order valence-electron chi connectivity index (χ3n) is 5.33. The van der Waals surface area contributed by atoms with Gasteiger partial charge in [0.15, 0.2) is 5.58 Å². The third kappa shape index (κ3) is 3.92. The second-order valence-electron chi connectivity index (χ2n) is 6.79. The zero-order valence-electron chi connectivity index (χ0n) is 14.7. The van der Waals surface area contributed by atoms with E-state index in [0.717, 1.165) is 56.4 Å². The highest BCUT2D eigenvalue weighted by Gasteiger charge is 2.34. The quantitative estimate of drug-likeness (QED) is 0.856. The first-order valence-electron chi connectivity index (χ1n) is 8.87. The van der Waals surface area contributed by atoms with Crippen molar-refractivity contribution in [2.24, 2.45) is 11.7 Å². The highest BCUT2D eigenvalue weighted by molar-refractivity contribution is 5.85. The zero-order chi connectivity index (χ0) is 16.5. The summed E-state index contributed by atoms with van der Waals surface area (Å²) in [5.74, 6) is 0.401. The average Bonchev–Trinajstić information content (AvgIpc) is 3.27. The number of aromatic nitrogens is 1. The lowest BCUT2D eigenvalue weighted by Gasteiger charge is -2.34. The Hall–Kier alpha value is -1.50. The molecule has 2 N–H and O–H groups in total. The van der Waals surface area contributed by atoms with Crippen LogP contribution in [0.2, 0.25) is 0 Å². The van der Waals surface area contributed by atoms with E-state index in [1.165, 1.54) is 0 Å². The molecule has 2 aliphatic heterocycles. The number of hydrogen-bond acceptors (Lipinski definition) is 5. The van der Waals surface area contributed by atoms with Crippen molar-refractivity contribution in [1.82, 2.24) is 9.88 Å². The number of hydrogen-bond donors (Lipinski definition) is 1. The molecule has 0 radical (unpaired) electrons. The van der Waals surface area contributed by atoms with Gasteiger partial charge >= 0.3 is 0 Å². The summed E-state index contributed by atoms with van der Waals surface area (Å²) in [5.41, 5.74) is 7.50. The predicted octanol–water partition coefficient (Wildman–Crippen LogP) is 2.84. The molecule has 6 nitrogen and oxygen atoms in total. The molecular formula is C18H26Cl2N4O2. The number of piperidine rings is 1. The molecule has 2 fully saturated rings. The monoisotopic (exact) mass is 400 g/mol. The van der Waals surface area contributed by atoms with Crippen LogP contribution in [0.15, 0.2) is 28.7 Å². The molecule has 1 aromatic carbocycles. The van der Waals surface area contributed by atoms with Crippen molar-refractivity contribution in [2.45, 2.75) is 31.7 Å². The molecule has 0 aliphatic carbocycles. The van der Waals surface area contributed by atoms with Crippen molar-refractivity contribution in [3.05, 3.63) is 24.3 Å². The lowest BCUT2D eigenvalue weighted by molar-refractivity contribution is -0.136. The summed E-state index contributed by atoms with van der Waals surface area (Å²) in [4.78, 5) is 21.5. The standard InChI is InChI=1S/C18H24N4O2.2ClH/c19-12-14-4-3-9-22(14)17(23)13-7-10-21(11-8-13)18-20-15-5-1-2-6-16(15)24-18;;/h1-2,5-6,13-14H,3-4,7-12,19H2;2*1H. The van der Waals surface area contributed by atoms with E-state index in [1.807, 2.05) is 29.2 Å². The summed E-state index contributed by atoms with van der Waals surface area (Å²) in [6.45, 7) is 3.06. The minimum atomic E-state index is 0. The van der Waals surface area contributed by atoms with Crippen LogP contribution in [-0.4, -0.2) is 48.0 Å². The second-order valence-corrected chi connectivity index (χ2v) is 6.79. The summed E-state index contributed by atoms with van der Waals surface area (Å²) in [6.07, 6.45) is 3.83. The molecular weight excluding hydrogens is 375 g/mol. The van der Waals surface area contributed by atoms with Crippen LogP contribution in [0.25, 0.3) is 11.1 Å². The smallest absolute Gasteiger partial charge is 0.298 e. The van der Waals surface area contributed by atoms with Gasteiger partial charge in [0.2, 0.25) is 5.91 Å². The summed E-state index contributed by atoms with van der Waals surface area (Å²) in [7, 11) is 0. The largest absolute Gasteiger partial charge is 0.423 e. The molecule has 1 amide bonds. The molecule has 3 heterocycles. The van der Waals surface area contributed by atoms with Gasteiger partial charge in [0.1, 0.15) is 5.52 Å². The fourth-order valence-electron chi connectivity index (χ4n) is 3.92. The van der Waals surface area contributed by atoms with Gasteiger partial charge in [-0.3, -0.25) is 4.79 Å². The van der Waals surface area contributed by atoms with Crippen LogP contribution in [0, 0.1) is 5.92 Å². The molecule has 1 aromatic heterocycles. The SMILES string of the molecule is Cl.Cl.NCC1CCCN1C(=O)C1CCN(c2nc3ccccc3o2)CC1. The number of benzene rings is 1. The lowest BCUT2D eigenvalue weighted by Crippen LogP contribution is -2.46. The molecule has 144 valence electrons. The van der Waals surface area contributed by atoms with Crippen LogP contribution < -0.4 is 10.6 Å². The van der Waals surface area contributed by atoms with E-state index in [2.05, 4.69) is 9.88 Å². The number of carbonyl (C=O) groups is 1. The molecule has 8 heteroatoms. The Morgan fingerprint density at radius 2 is 1.88 bits per heavy atom. The Bertz CT molecular complexity index is 698. The molecule has 0 saturated carbocycles. The summed E-state index contributed by atoms with van der Waals surface area (Å²) >= 11 is 0. The number of para-hydroxylation sites is 2. The van der Waals surface area contributed by atoms with Crippen molar-refractivity contribution in [3.63, 3.8) is 0 Å². The molecule has 26 heavy (non-hydrogen) atoms. The van der Waals surface area contributed by atoms with Gasteiger partial charge < -0.3 is 20.0 Å². The average molecular weight is 401 g/mol. The Labute approximate surface area is 165 Å². The van der Waals surface area contributed by atoms with Crippen LogP contribution >= 0.6 is 24.8 Å². The maximum Gasteiger partial charge on any atom is 0.298 e. The summed E-state index contributed by atoms with van der Waals surface area (Å²) in [5, 5.41) is 0. The van der Waals surface area contributed by atoms with E-state index in [0.29, 0.717) is 18.5 Å². The van der Waals surface area contributed by atoms with E-state index in [9.17, 15) is 4.79 Å². The molecule has 2 aromatic rings. The van der Waals surface area contributed by atoms with Gasteiger partial charge in [0.25, 0.3) is 6.01 Å². The normalized spacial score (nSPS) is 20.7. The fourth-order valence-corrected chi connectivity index (χ4v) is 3.92. The minimum absolute atomic E-state index is 0. The van der Waals surface area contributed by atoms with Gasteiger partial charge in [-0.15, -0.1) is 24.8 Å². The maximum absolute atomic E-state index is 12.8. The third-order valence-corrected chi connectivity index (χ3v) is 5.33. The maximum atomic E-state index is 12.8. The Balaban J connectivity index is 0.00000121. The van der Waals surface area contributed by atoms with E-state index in [-0.39, 0.29) is 36.8 Å². The van der Waals surface area contributed by atoms with E-state index < -0.39 is 0 Å². The number of halogens is 2. The van der Waals surface area contributed by atoms with Gasteiger partial charge in [-0.25, -0.2) is 0 Å². The predicted molar refractivity (Wildman–Crippen MR) is 107 cm³/mol. The molecule has 1 unspecified atom stereocenters. The van der Waals surface area contributed by atoms with Crippen molar-refractivity contribution in [1.29, 1.82) is 0 Å². The number of anilines is 1. The van der Waals surface area contributed by atoms with E-state index in [1.54, 1.807) is 0 Å². The van der Waals surface area contributed by atoms with Gasteiger partial charge in [-0.05, 0) is 37.8 Å². The number of rotatable bonds is 3. The molecule has 1 atom stereocenters. The molecule has 2 saturated heterocycles. The van der Waals surface area contributed by atoms with Gasteiger partial charge in [0, 0.05) is 38.1 Å². The topological polar surface area (TPSA) is 75.6 Å². The van der Waals surface area contributed by atoms with Crippen LogP contribution in [0.5, 0.6) is 0 Å². The van der Waals surface area contributed by atoms with Gasteiger partial charge in [-0.2, -0.15) is 4.98 Å². The van der Waals surface area contributed by atoms with Crippen molar-refractivity contribution < 1.29 is 9.21 Å². The van der Waals surface area contributed by atoms with Gasteiger partial charge in [0.05, 0.1) is 0 Å². The highest BCUT2D eigenvalue weighted by Crippen LogP contribution is 2.28. The Morgan fingerprint density at radius 3 is 2.58 bits per heavy atom. The lowest BCUT2D eigenvalue weighted by atomic mass is 9.95. The fraction of sp³-hybridized carbons (Fsp3) is 0.556. The highest BCUT2D eigenvalue weighted by atomic mass is 35.5. The number of nitrogens with zero attached hydrogens (tertiary/aromatic N) is 3. The van der Waals surface area contributed by atoms with Crippen molar-refractivity contribution >= 4 is 47.8 Å². The summed E-state index contributed by atoms with van der Waals surface area (Å²) in [6, 6.07) is 8.72. The van der Waals surface area contributed by atoms with E-state index >= 15 is 0 Å².